The van der Waals surface area contributed by atoms with Crippen molar-refractivity contribution in [2.75, 3.05) is 19.8 Å². The molecule has 3 heteroatoms. The van der Waals surface area contributed by atoms with E-state index >= 15 is 0 Å². The summed E-state index contributed by atoms with van der Waals surface area (Å²) in [5, 5.41) is 2.77. The van der Waals surface area contributed by atoms with Gasteiger partial charge < -0.3 is 10.1 Å². The van der Waals surface area contributed by atoms with Crippen LogP contribution in [0.15, 0.2) is 0 Å². The summed E-state index contributed by atoms with van der Waals surface area (Å²) < 4.78 is 5.51. The lowest BCUT2D eigenvalue weighted by Gasteiger charge is -2.06. The number of nitrogens with one attached hydrogen (secondary N) is 1. The lowest BCUT2D eigenvalue weighted by Crippen LogP contribution is -2.21. The first-order valence-corrected chi connectivity index (χ1v) is 6.45. The van der Waals surface area contributed by atoms with E-state index in [4.69, 9.17) is 4.74 Å². The lowest BCUT2D eigenvalue weighted by atomic mass is 10.1. The van der Waals surface area contributed by atoms with Crippen molar-refractivity contribution in [1.82, 2.24) is 5.32 Å². The number of carbonyl (C=O) groups excluding carboxylic acids is 1. The van der Waals surface area contributed by atoms with Gasteiger partial charge in [-0.3, -0.25) is 4.79 Å². The summed E-state index contributed by atoms with van der Waals surface area (Å²) in [5.74, 6) is 0.854. The fourth-order valence-corrected chi connectivity index (χ4v) is 1.45. The molecule has 0 fully saturated rings. The Morgan fingerprint density at radius 1 is 1.12 bits per heavy atom. The quantitative estimate of drug-likeness (QED) is 0.585. The summed E-state index contributed by atoms with van der Waals surface area (Å²) in [6, 6.07) is 0. The monoisotopic (exact) mass is 229 g/mol. The zero-order valence-corrected chi connectivity index (χ0v) is 11.1. The summed E-state index contributed by atoms with van der Waals surface area (Å²) in [6.45, 7) is 8.52. The molecule has 0 aromatic heterocycles. The molecule has 0 heterocycles. The highest BCUT2D eigenvalue weighted by molar-refractivity contribution is 5.72. The summed E-state index contributed by atoms with van der Waals surface area (Å²) in [4.78, 5) is 10.6. The van der Waals surface area contributed by atoms with E-state index in [-0.39, 0.29) is 5.91 Å². The highest BCUT2D eigenvalue weighted by atomic mass is 16.5. The predicted octanol–water partition coefficient (Wildman–Crippen LogP) is 2.75. The normalized spacial score (nSPS) is 10.8. The first-order valence-electron chi connectivity index (χ1n) is 6.45. The van der Waals surface area contributed by atoms with Gasteiger partial charge in [-0.05, 0) is 25.2 Å². The van der Waals surface area contributed by atoms with E-state index in [1.165, 1.54) is 19.3 Å². The molecule has 0 aliphatic heterocycles. The van der Waals surface area contributed by atoms with Crippen molar-refractivity contribution in [3.8, 4) is 0 Å². The van der Waals surface area contributed by atoms with Gasteiger partial charge >= 0.3 is 0 Å². The molecule has 0 saturated carbocycles. The minimum Gasteiger partial charge on any atom is -0.381 e. The molecule has 0 saturated heterocycles. The van der Waals surface area contributed by atoms with Crippen molar-refractivity contribution in [3.63, 3.8) is 0 Å². The lowest BCUT2D eigenvalue weighted by molar-refractivity contribution is -0.118. The summed E-state index contributed by atoms with van der Waals surface area (Å²) in [5.41, 5.74) is 0. The summed E-state index contributed by atoms with van der Waals surface area (Å²) >= 11 is 0. The van der Waals surface area contributed by atoms with Crippen LogP contribution in [0.4, 0.5) is 0 Å². The van der Waals surface area contributed by atoms with Gasteiger partial charge in [0.05, 0.1) is 0 Å². The van der Waals surface area contributed by atoms with Crippen molar-refractivity contribution in [3.05, 3.63) is 0 Å². The third kappa shape index (κ3) is 13.4. The Bertz CT molecular complexity index is 169. The Balaban J connectivity index is 2.96. The smallest absolute Gasteiger partial charge is 0.216 e. The highest BCUT2D eigenvalue weighted by Gasteiger charge is 1.95. The van der Waals surface area contributed by atoms with Crippen molar-refractivity contribution >= 4 is 5.91 Å². The molecule has 0 atom stereocenters. The minimum atomic E-state index is 0.0506. The van der Waals surface area contributed by atoms with Crippen LogP contribution in [0.1, 0.15) is 52.9 Å². The van der Waals surface area contributed by atoms with Crippen molar-refractivity contribution in [2.24, 2.45) is 5.92 Å². The zero-order chi connectivity index (χ0) is 12.2. The van der Waals surface area contributed by atoms with Gasteiger partial charge in [0.2, 0.25) is 5.91 Å². The number of hydrogen-bond acceptors (Lipinski definition) is 2. The predicted molar refractivity (Wildman–Crippen MR) is 67.4 cm³/mol. The molecule has 96 valence electrons. The van der Waals surface area contributed by atoms with Crippen LogP contribution >= 0.6 is 0 Å². The Labute approximate surface area is 99.9 Å². The number of ether oxygens (including phenoxy) is 1. The van der Waals surface area contributed by atoms with Crippen LogP contribution < -0.4 is 5.32 Å². The first kappa shape index (κ1) is 15.4. The van der Waals surface area contributed by atoms with Gasteiger partial charge in [-0.15, -0.1) is 0 Å². The van der Waals surface area contributed by atoms with E-state index < -0.39 is 0 Å². The number of unbranched alkanes of at least 4 members (excludes halogenated alkanes) is 2. The third-order valence-electron chi connectivity index (χ3n) is 2.41. The molecule has 0 spiro atoms. The SMILES string of the molecule is CC(=O)NCCCCOCCCCC(C)C. The van der Waals surface area contributed by atoms with Gasteiger partial charge in [0.15, 0.2) is 0 Å². The topological polar surface area (TPSA) is 38.3 Å². The molecule has 0 unspecified atom stereocenters. The molecule has 1 N–H and O–H groups in total. The van der Waals surface area contributed by atoms with Crippen molar-refractivity contribution in [1.29, 1.82) is 0 Å². The van der Waals surface area contributed by atoms with Gasteiger partial charge in [0, 0.05) is 26.7 Å². The molecule has 3 nitrogen and oxygen atoms in total. The van der Waals surface area contributed by atoms with Gasteiger partial charge in [-0.2, -0.15) is 0 Å². The first-order chi connectivity index (χ1) is 7.63. The third-order valence-corrected chi connectivity index (χ3v) is 2.41. The van der Waals surface area contributed by atoms with Gasteiger partial charge in [0.1, 0.15) is 0 Å². The van der Waals surface area contributed by atoms with E-state index in [9.17, 15) is 4.79 Å². The van der Waals surface area contributed by atoms with Crippen molar-refractivity contribution < 1.29 is 9.53 Å². The van der Waals surface area contributed by atoms with E-state index in [1.807, 2.05) is 0 Å². The molecule has 16 heavy (non-hydrogen) atoms. The molecular formula is C13H27NO2. The van der Waals surface area contributed by atoms with E-state index in [2.05, 4.69) is 19.2 Å². The Morgan fingerprint density at radius 3 is 2.31 bits per heavy atom. The molecule has 0 radical (unpaired) electrons. The molecule has 0 bridgehead atoms. The molecule has 0 rings (SSSR count). The largest absolute Gasteiger partial charge is 0.381 e. The molecule has 1 amide bonds. The standard InChI is InChI=1S/C13H27NO2/c1-12(2)8-4-6-10-16-11-7-5-9-14-13(3)15/h12H,4-11H2,1-3H3,(H,14,15). The van der Waals surface area contributed by atoms with Crippen LogP contribution in [-0.2, 0) is 9.53 Å². The number of rotatable bonds is 10. The molecular weight excluding hydrogens is 202 g/mol. The zero-order valence-electron chi connectivity index (χ0n) is 11.1. The van der Waals surface area contributed by atoms with E-state index in [0.29, 0.717) is 0 Å². The second kappa shape index (κ2) is 10.9. The van der Waals surface area contributed by atoms with E-state index in [0.717, 1.165) is 38.5 Å². The Kier molecular flexibility index (Phi) is 10.5. The van der Waals surface area contributed by atoms with Crippen LogP contribution in [0.5, 0.6) is 0 Å². The number of amides is 1. The summed E-state index contributed by atoms with van der Waals surface area (Å²) in [6.07, 6.45) is 5.77. The van der Waals surface area contributed by atoms with Crippen LogP contribution in [0.2, 0.25) is 0 Å². The Hall–Kier alpha value is -0.570. The molecule has 0 aliphatic carbocycles. The minimum absolute atomic E-state index is 0.0506. The average Bonchev–Trinajstić information content (AvgIpc) is 2.20. The van der Waals surface area contributed by atoms with Crippen LogP contribution in [0.25, 0.3) is 0 Å². The van der Waals surface area contributed by atoms with E-state index in [1.54, 1.807) is 6.92 Å². The number of carbonyl (C=O) groups is 1. The van der Waals surface area contributed by atoms with Crippen LogP contribution in [-0.4, -0.2) is 25.7 Å². The van der Waals surface area contributed by atoms with Crippen molar-refractivity contribution in [2.45, 2.75) is 52.9 Å². The van der Waals surface area contributed by atoms with Crippen LogP contribution in [0.3, 0.4) is 0 Å². The summed E-state index contributed by atoms with van der Waals surface area (Å²) in [7, 11) is 0. The molecule has 0 aliphatic rings. The highest BCUT2D eigenvalue weighted by Crippen LogP contribution is 2.05. The van der Waals surface area contributed by atoms with Gasteiger partial charge in [-0.25, -0.2) is 0 Å². The maximum Gasteiger partial charge on any atom is 0.216 e. The second-order valence-corrected chi connectivity index (χ2v) is 4.69. The van der Waals surface area contributed by atoms with Gasteiger partial charge in [0.25, 0.3) is 0 Å². The molecule has 0 aromatic carbocycles. The maximum atomic E-state index is 10.6. The fraction of sp³-hybridized carbons (Fsp3) is 0.923. The van der Waals surface area contributed by atoms with Crippen LogP contribution in [0, 0.1) is 5.92 Å². The average molecular weight is 229 g/mol. The number of hydrogen-bond donors (Lipinski definition) is 1. The maximum absolute atomic E-state index is 10.6. The molecule has 0 aromatic rings. The second-order valence-electron chi connectivity index (χ2n) is 4.69. The Morgan fingerprint density at radius 2 is 1.75 bits per heavy atom. The fourth-order valence-electron chi connectivity index (χ4n) is 1.45. The van der Waals surface area contributed by atoms with Gasteiger partial charge in [-0.1, -0.05) is 26.7 Å².